The van der Waals surface area contributed by atoms with Gasteiger partial charge in [-0.25, -0.2) is 0 Å². The number of aliphatic hydroxyl groups excluding tert-OH is 1. The summed E-state index contributed by atoms with van der Waals surface area (Å²) in [4.78, 5) is 11.6. The van der Waals surface area contributed by atoms with Gasteiger partial charge in [0.1, 0.15) is 0 Å². The maximum absolute atomic E-state index is 11.6. The number of nitrogens with one attached hydrogen (secondary N) is 2. The Balaban J connectivity index is 2.12. The van der Waals surface area contributed by atoms with Gasteiger partial charge in [0.15, 0.2) is 0 Å². The van der Waals surface area contributed by atoms with Crippen LogP contribution in [0, 0.1) is 6.92 Å². The van der Waals surface area contributed by atoms with Gasteiger partial charge in [-0.05, 0) is 44.9 Å². The van der Waals surface area contributed by atoms with Crippen molar-refractivity contribution >= 4 is 11.6 Å². The lowest BCUT2D eigenvalue weighted by Gasteiger charge is -2.06. The molecule has 1 amide bonds. The van der Waals surface area contributed by atoms with Crippen LogP contribution in [-0.4, -0.2) is 30.7 Å². The molecule has 0 spiro atoms. The third-order valence-electron chi connectivity index (χ3n) is 2.63. The van der Waals surface area contributed by atoms with Crippen LogP contribution < -0.4 is 10.6 Å². The zero-order valence-corrected chi connectivity index (χ0v) is 10.9. The quantitative estimate of drug-likeness (QED) is 0.615. The number of aryl methyl sites for hydroxylation is 1. The Kier molecular flexibility index (Phi) is 7.06. The smallest absolute Gasteiger partial charge is 0.238 e. The van der Waals surface area contributed by atoms with Crippen molar-refractivity contribution in [3.05, 3.63) is 29.8 Å². The van der Waals surface area contributed by atoms with Crippen molar-refractivity contribution in [1.82, 2.24) is 5.32 Å². The van der Waals surface area contributed by atoms with E-state index in [0.29, 0.717) is 6.54 Å². The summed E-state index contributed by atoms with van der Waals surface area (Å²) in [5.74, 6) is -0.0268. The monoisotopic (exact) mass is 250 g/mol. The molecule has 0 saturated heterocycles. The first kappa shape index (κ1) is 14.7. The Labute approximate surface area is 108 Å². The van der Waals surface area contributed by atoms with Crippen LogP contribution in [0.1, 0.15) is 24.8 Å². The average molecular weight is 250 g/mol. The lowest BCUT2D eigenvalue weighted by Crippen LogP contribution is -2.28. The molecule has 0 aliphatic rings. The SMILES string of the molecule is Cc1ccc(NC(=O)CNCCCCCO)cc1. The van der Waals surface area contributed by atoms with E-state index in [9.17, 15) is 4.79 Å². The molecule has 0 heterocycles. The molecular formula is C14H22N2O2. The van der Waals surface area contributed by atoms with E-state index >= 15 is 0 Å². The second-order valence-corrected chi connectivity index (χ2v) is 4.38. The highest BCUT2D eigenvalue weighted by atomic mass is 16.2. The van der Waals surface area contributed by atoms with Crippen molar-refractivity contribution in [3.8, 4) is 0 Å². The van der Waals surface area contributed by atoms with E-state index in [1.165, 1.54) is 5.56 Å². The fourth-order valence-corrected chi connectivity index (χ4v) is 1.58. The molecule has 0 fully saturated rings. The average Bonchev–Trinajstić information content (AvgIpc) is 2.36. The van der Waals surface area contributed by atoms with Crippen LogP contribution in [0.15, 0.2) is 24.3 Å². The highest BCUT2D eigenvalue weighted by Gasteiger charge is 2.00. The van der Waals surface area contributed by atoms with Gasteiger partial charge < -0.3 is 15.7 Å². The van der Waals surface area contributed by atoms with Gasteiger partial charge in [0.2, 0.25) is 5.91 Å². The third-order valence-corrected chi connectivity index (χ3v) is 2.63. The molecule has 0 aromatic heterocycles. The molecule has 0 atom stereocenters. The maximum atomic E-state index is 11.6. The molecular weight excluding hydrogens is 228 g/mol. The van der Waals surface area contributed by atoms with Gasteiger partial charge in [-0.15, -0.1) is 0 Å². The van der Waals surface area contributed by atoms with Gasteiger partial charge in [-0.2, -0.15) is 0 Å². The zero-order valence-electron chi connectivity index (χ0n) is 10.9. The van der Waals surface area contributed by atoms with Crippen molar-refractivity contribution < 1.29 is 9.90 Å². The second-order valence-electron chi connectivity index (χ2n) is 4.38. The standard InChI is InChI=1S/C14H22N2O2/c1-12-5-7-13(8-6-12)16-14(18)11-15-9-3-2-4-10-17/h5-8,15,17H,2-4,9-11H2,1H3,(H,16,18). The van der Waals surface area contributed by atoms with Gasteiger partial charge in [-0.3, -0.25) is 4.79 Å². The molecule has 1 aromatic carbocycles. The van der Waals surface area contributed by atoms with Gasteiger partial charge in [0, 0.05) is 12.3 Å². The summed E-state index contributed by atoms with van der Waals surface area (Å²) in [6.07, 6.45) is 2.80. The van der Waals surface area contributed by atoms with Gasteiger partial charge >= 0.3 is 0 Å². The van der Waals surface area contributed by atoms with Crippen molar-refractivity contribution in [1.29, 1.82) is 0 Å². The lowest BCUT2D eigenvalue weighted by molar-refractivity contribution is -0.115. The molecule has 0 radical (unpaired) electrons. The largest absolute Gasteiger partial charge is 0.396 e. The van der Waals surface area contributed by atoms with Crippen LogP contribution in [0.5, 0.6) is 0 Å². The van der Waals surface area contributed by atoms with E-state index in [1.807, 2.05) is 31.2 Å². The molecule has 0 aliphatic heterocycles. The molecule has 3 N–H and O–H groups in total. The Morgan fingerprint density at radius 2 is 1.89 bits per heavy atom. The van der Waals surface area contributed by atoms with Crippen LogP contribution in [-0.2, 0) is 4.79 Å². The summed E-state index contributed by atoms with van der Waals surface area (Å²) in [5.41, 5.74) is 2.00. The minimum atomic E-state index is -0.0268. The molecule has 1 rings (SSSR count). The van der Waals surface area contributed by atoms with Crippen LogP contribution in [0.3, 0.4) is 0 Å². The number of carbonyl (C=O) groups is 1. The van der Waals surface area contributed by atoms with Crippen LogP contribution >= 0.6 is 0 Å². The summed E-state index contributed by atoms with van der Waals surface area (Å²) in [7, 11) is 0. The Morgan fingerprint density at radius 1 is 1.17 bits per heavy atom. The molecule has 4 nitrogen and oxygen atoms in total. The molecule has 0 saturated carbocycles. The van der Waals surface area contributed by atoms with Crippen molar-refractivity contribution in [2.75, 3.05) is 25.0 Å². The number of benzene rings is 1. The van der Waals surface area contributed by atoms with Gasteiger partial charge in [0.05, 0.1) is 6.54 Å². The Hall–Kier alpha value is -1.39. The molecule has 0 bridgehead atoms. The van der Waals surface area contributed by atoms with Crippen LogP contribution in [0.25, 0.3) is 0 Å². The number of aliphatic hydroxyl groups is 1. The first-order valence-electron chi connectivity index (χ1n) is 6.40. The summed E-state index contributed by atoms with van der Waals surface area (Å²) >= 11 is 0. The Bertz CT molecular complexity index is 349. The summed E-state index contributed by atoms with van der Waals surface area (Å²) in [5, 5.41) is 14.5. The van der Waals surface area contributed by atoms with E-state index in [-0.39, 0.29) is 12.5 Å². The van der Waals surface area contributed by atoms with E-state index in [1.54, 1.807) is 0 Å². The molecule has 0 unspecified atom stereocenters. The number of unbranched alkanes of at least 4 members (excludes halogenated alkanes) is 2. The number of amides is 1. The predicted octanol–water partition coefficient (Wildman–Crippen LogP) is 1.69. The maximum Gasteiger partial charge on any atom is 0.238 e. The van der Waals surface area contributed by atoms with Crippen molar-refractivity contribution in [3.63, 3.8) is 0 Å². The van der Waals surface area contributed by atoms with E-state index < -0.39 is 0 Å². The third kappa shape index (κ3) is 6.37. The number of hydrogen-bond donors (Lipinski definition) is 3. The first-order valence-corrected chi connectivity index (χ1v) is 6.40. The number of hydrogen-bond acceptors (Lipinski definition) is 3. The molecule has 0 aliphatic carbocycles. The van der Waals surface area contributed by atoms with E-state index in [0.717, 1.165) is 31.5 Å². The number of rotatable bonds is 8. The van der Waals surface area contributed by atoms with E-state index in [4.69, 9.17) is 5.11 Å². The number of carbonyl (C=O) groups excluding carboxylic acids is 1. The number of anilines is 1. The highest BCUT2D eigenvalue weighted by molar-refractivity contribution is 5.92. The summed E-state index contributed by atoms with van der Waals surface area (Å²) < 4.78 is 0. The normalized spacial score (nSPS) is 10.3. The van der Waals surface area contributed by atoms with Crippen molar-refractivity contribution in [2.24, 2.45) is 0 Å². The molecule has 18 heavy (non-hydrogen) atoms. The molecule has 1 aromatic rings. The summed E-state index contributed by atoms with van der Waals surface area (Å²) in [6.45, 7) is 3.39. The highest BCUT2D eigenvalue weighted by Crippen LogP contribution is 2.07. The first-order chi connectivity index (χ1) is 8.72. The van der Waals surface area contributed by atoms with Crippen molar-refractivity contribution in [2.45, 2.75) is 26.2 Å². The minimum Gasteiger partial charge on any atom is -0.396 e. The zero-order chi connectivity index (χ0) is 13.2. The van der Waals surface area contributed by atoms with Gasteiger partial charge in [0.25, 0.3) is 0 Å². The molecule has 4 heteroatoms. The van der Waals surface area contributed by atoms with E-state index in [2.05, 4.69) is 10.6 Å². The molecule has 100 valence electrons. The second kappa shape index (κ2) is 8.66. The topological polar surface area (TPSA) is 61.4 Å². The Morgan fingerprint density at radius 3 is 2.56 bits per heavy atom. The summed E-state index contributed by atoms with van der Waals surface area (Å²) in [6, 6.07) is 7.73. The van der Waals surface area contributed by atoms with Gasteiger partial charge in [-0.1, -0.05) is 17.7 Å². The predicted molar refractivity (Wildman–Crippen MR) is 73.6 cm³/mol. The lowest BCUT2D eigenvalue weighted by atomic mass is 10.2. The van der Waals surface area contributed by atoms with Crippen LogP contribution in [0.2, 0.25) is 0 Å². The fraction of sp³-hybridized carbons (Fsp3) is 0.500. The fourth-order valence-electron chi connectivity index (χ4n) is 1.58. The van der Waals surface area contributed by atoms with Crippen LogP contribution in [0.4, 0.5) is 5.69 Å². The minimum absolute atomic E-state index is 0.0268.